The highest BCUT2D eigenvalue weighted by Crippen LogP contribution is 2.27. The number of hydrogen-bond acceptors (Lipinski definition) is 3. The lowest BCUT2D eigenvalue weighted by Gasteiger charge is -2.24. The van der Waals surface area contributed by atoms with Gasteiger partial charge in [0.15, 0.2) is 5.76 Å². The van der Waals surface area contributed by atoms with Crippen LogP contribution in [0.4, 0.5) is 0 Å². The van der Waals surface area contributed by atoms with E-state index in [1.807, 2.05) is 24.0 Å². The number of aliphatic hydroxyl groups is 1. The molecule has 3 rings (SSSR count). The second kappa shape index (κ2) is 5.76. The van der Waals surface area contributed by atoms with Crippen molar-refractivity contribution in [2.75, 3.05) is 6.54 Å². The van der Waals surface area contributed by atoms with E-state index in [1.165, 1.54) is 5.56 Å². The minimum absolute atomic E-state index is 0.0605. The first kappa shape index (κ1) is 15.1. The molecule has 2 unspecified atom stereocenters. The van der Waals surface area contributed by atoms with Crippen molar-refractivity contribution in [2.45, 2.75) is 52.2 Å². The smallest absolute Gasteiger partial charge is 0.289 e. The number of amides is 1. The van der Waals surface area contributed by atoms with Gasteiger partial charge in [-0.1, -0.05) is 0 Å². The summed E-state index contributed by atoms with van der Waals surface area (Å²) in [6, 6.07) is 5.99. The first-order valence-electron chi connectivity index (χ1n) is 7.95. The van der Waals surface area contributed by atoms with E-state index in [2.05, 4.69) is 13.0 Å². The number of rotatable bonds is 3. The Morgan fingerprint density at radius 1 is 1.36 bits per heavy atom. The maximum absolute atomic E-state index is 12.7. The molecule has 118 valence electrons. The molecule has 1 fully saturated rings. The van der Waals surface area contributed by atoms with Gasteiger partial charge in [-0.25, -0.2) is 0 Å². The second-order valence-electron chi connectivity index (χ2n) is 6.46. The number of aliphatic hydroxyl groups excluding tert-OH is 1. The topological polar surface area (TPSA) is 53.7 Å². The Hall–Kier alpha value is -1.81. The highest BCUT2D eigenvalue weighted by atomic mass is 16.3. The van der Waals surface area contributed by atoms with Crippen molar-refractivity contribution in [3.8, 4) is 0 Å². The maximum Gasteiger partial charge on any atom is 0.289 e. The fraction of sp³-hybridized carbons (Fsp3) is 0.500. The zero-order valence-corrected chi connectivity index (χ0v) is 13.4. The van der Waals surface area contributed by atoms with Gasteiger partial charge in [0.1, 0.15) is 5.58 Å². The summed E-state index contributed by atoms with van der Waals surface area (Å²) in [5, 5.41) is 10.6. The molecule has 1 aliphatic rings. The number of nitrogens with zero attached hydrogens (tertiary/aromatic N) is 1. The molecule has 1 saturated heterocycles. The normalized spacial score (nSPS) is 19.8. The highest BCUT2D eigenvalue weighted by Gasteiger charge is 2.31. The van der Waals surface area contributed by atoms with Crippen molar-refractivity contribution in [2.24, 2.45) is 0 Å². The third-order valence-corrected chi connectivity index (χ3v) is 4.59. The maximum atomic E-state index is 12.7. The molecule has 0 spiro atoms. The van der Waals surface area contributed by atoms with Crippen LogP contribution in [0, 0.1) is 13.8 Å². The fourth-order valence-electron chi connectivity index (χ4n) is 3.29. The van der Waals surface area contributed by atoms with Crippen molar-refractivity contribution in [3.63, 3.8) is 0 Å². The van der Waals surface area contributed by atoms with Crippen LogP contribution >= 0.6 is 0 Å². The van der Waals surface area contributed by atoms with Crippen LogP contribution < -0.4 is 0 Å². The molecule has 1 N–H and O–H groups in total. The number of furan rings is 1. The first-order valence-corrected chi connectivity index (χ1v) is 7.95. The SMILES string of the molecule is Cc1cc2cc(C(=O)N3CCCC3CC(C)O)oc2cc1C. The van der Waals surface area contributed by atoms with Gasteiger partial charge in [-0.3, -0.25) is 4.79 Å². The summed E-state index contributed by atoms with van der Waals surface area (Å²) in [5.74, 6) is 0.340. The summed E-state index contributed by atoms with van der Waals surface area (Å²) in [7, 11) is 0. The Morgan fingerprint density at radius 3 is 2.82 bits per heavy atom. The van der Waals surface area contributed by atoms with Crippen LogP contribution in [0.1, 0.15) is 47.9 Å². The van der Waals surface area contributed by atoms with E-state index >= 15 is 0 Å². The van der Waals surface area contributed by atoms with Gasteiger partial charge in [0.05, 0.1) is 6.10 Å². The number of fused-ring (bicyclic) bond motifs is 1. The van der Waals surface area contributed by atoms with Crippen molar-refractivity contribution in [3.05, 3.63) is 35.1 Å². The van der Waals surface area contributed by atoms with Gasteiger partial charge in [0.25, 0.3) is 5.91 Å². The van der Waals surface area contributed by atoms with Gasteiger partial charge in [-0.2, -0.15) is 0 Å². The summed E-state index contributed by atoms with van der Waals surface area (Å²) in [6.45, 7) is 6.61. The van der Waals surface area contributed by atoms with Crippen LogP contribution in [0.3, 0.4) is 0 Å². The minimum atomic E-state index is -0.389. The third-order valence-electron chi connectivity index (χ3n) is 4.59. The number of carbonyl (C=O) groups is 1. The van der Waals surface area contributed by atoms with E-state index in [4.69, 9.17) is 4.42 Å². The summed E-state index contributed by atoms with van der Waals surface area (Å²) in [6.07, 6.45) is 2.18. The summed E-state index contributed by atoms with van der Waals surface area (Å²) >= 11 is 0. The number of aryl methyl sites for hydroxylation is 2. The van der Waals surface area contributed by atoms with E-state index < -0.39 is 0 Å². The van der Waals surface area contributed by atoms with Gasteiger partial charge in [-0.15, -0.1) is 0 Å². The molecule has 2 atom stereocenters. The zero-order chi connectivity index (χ0) is 15.9. The van der Waals surface area contributed by atoms with Crippen molar-refractivity contribution < 1.29 is 14.3 Å². The Labute approximate surface area is 130 Å². The van der Waals surface area contributed by atoms with Crippen LogP contribution in [0.25, 0.3) is 11.0 Å². The first-order chi connectivity index (χ1) is 10.5. The number of hydrogen-bond donors (Lipinski definition) is 1. The third kappa shape index (κ3) is 2.75. The van der Waals surface area contributed by atoms with Gasteiger partial charge >= 0.3 is 0 Å². The molecule has 1 aromatic carbocycles. The molecule has 22 heavy (non-hydrogen) atoms. The van der Waals surface area contributed by atoms with Crippen LogP contribution in [-0.2, 0) is 0 Å². The molecule has 1 aromatic heterocycles. The van der Waals surface area contributed by atoms with E-state index in [9.17, 15) is 9.90 Å². The quantitative estimate of drug-likeness (QED) is 0.945. The zero-order valence-electron chi connectivity index (χ0n) is 13.4. The average molecular weight is 301 g/mol. The van der Waals surface area contributed by atoms with Crippen molar-refractivity contribution in [1.82, 2.24) is 4.90 Å². The molecule has 1 amide bonds. The number of benzene rings is 1. The number of likely N-dealkylation sites (tertiary alicyclic amines) is 1. The lowest BCUT2D eigenvalue weighted by Crippen LogP contribution is -2.37. The van der Waals surface area contributed by atoms with Crippen molar-refractivity contribution in [1.29, 1.82) is 0 Å². The molecule has 0 bridgehead atoms. The molecule has 4 heteroatoms. The van der Waals surface area contributed by atoms with E-state index in [0.717, 1.165) is 35.9 Å². The number of carbonyl (C=O) groups excluding carboxylic acids is 1. The second-order valence-corrected chi connectivity index (χ2v) is 6.46. The molecule has 1 aliphatic heterocycles. The molecule has 0 aliphatic carbocycles. The van der Waals surface area contributed by atoms with Crippen molar-refractivity contribution >= 4 is 16.9 Å². The van der Waals surface area contributed by atoms with Crippen LogP contribution in [0.2, 0.25) is 0 Å². The Bertz CT molecular complexity index is 663. The van der Waals surface area contributed by atoms with Gasteiger partial charge in [0, 0.05) is 18.0 Å². The Morgan fingerprint density at radius 2 is 2.09 bits per heavy atom. The van der Waals surface area contributed by atoms with Gasteiger partial charge in [-0.05, 0) is 69.4 Å². The average Bonchev–Trinajstić information content (AvgIpc) is 3.04. The minimum Gasteiger partial charge on any atom is -0.451 e. The molecule has 2 heterocycles. The molecule has 2 aromatic rings. The van der Waals surface area contributed by atoms with Crippen LogP contribution in [0.5, 0.6) is 0 Å². The molecular weight excluding hydrogens is 278 g/mol. The highest BCUT2D eigenvalue weighted by molar-refractivity contribution is 5.96. The van der Waals surface area contributed by atoms with Gasteiger partial charge < -0.3 is 14.4 Å². The molecule has 0 saturated carbocycles. The van der Waals surface area contributed by atoms with E-state index in [-0.39, 0.29) is 18.1 Å². The molecule has 0 radical (unpaired) electrons. The fourth-order valence-corrected chi connectivity index (χ4v) is 3.29. The predicted molar refractivity (Wildman–Crippen MR) is 86.0 cm³/mol. The summed E-state index contributed by atoms with van der Waals surface area (Å²) in [4.78, 5) is 14.6. The van der Waals surface area contributed by atoms with E-state index in [0.29, 0.717) is 12.2 Å². The Balaban J connectivity index is 1.88. The van der Waals surface area contributed by atoms with Gasteiger partial charge in [0.2, 0.25) is 0 Å². The largest absolute Gasteiger partial charge is 0.451 e. The lowest BCUT2D eigenvalue weighted by molar-refractivity contribution is 0.0653. The van der Waals surface area contributed by atoms with Crippen LogP contribution in [0.15, 0.2) is 22.6 Å². The summed E-state index contributed by atoms with van der Waals surface area (Å²) in [5.41, 5.74) is 3.12. The lowest BCUT2D eigenvalue weighted by atomic mass is 10.1. The molecular formula is C18H23NO3. The van der Waals surface area contributed by atoms with Crippen LogP contribution in [-0.4, -0.2) is 34.6 Å². The monoisotopic (exact) mass is 301 g/mol. The standard InChI is InChI=1S/C18H23NO3/c1-11-7-14-10-17(22-16(14)8-12(11)2)18(21)19-6-4-5-15(19)9-13(3)20/h7-8,10,13,15,20H,4-6,9H2,1-3H3. The molecule has 4 nitrogen and oxygen atoms in total. The predicted octanol–water partition coefficient (Wildman–Crippen LogP) is 3.43. The van der Waals surface area contributed by atoms with E-state index in [1.54, 1.807) is 6.92 Å². The Kier molecular flexibility index (Phi) is 3.96. The summed E-state index contributed by atoms with van der Waals surface area (Å²) < 4.78 is 5.78.